The van der Waals surface area contributed by atoms with Gasteiger partial charge in [0.1, 0.15) is 11.0 Å². The Morgan fingerprint density at radius 1 is 1.28 bits per heavy atom. The average molecular weight is 398 g/mol. The molecule has 25 heavy (non-hydrogen) atoms. The molecule has 1 atom stereocenters. The van der Waals surface area contributed by atoms with Crippen molar-refractivity contribution in [2.24, 2.45) is 5.92 Å². The van der Waals surface area contributed by atoms with Gasteiger partial charge in [-0.2, -0.15) is 13.2 Å². The minimum atomic E-state index is -5.06. The second kappa shape index (κ2) is 7.14. The summed E-state index contributed by atoms with van der Waals surface area (Å²) in [5.74, 6) is -1.41. The highest BCUT2D eigenvalue weighted by molar-refractivity contribution is 8.08. The van der Waals surface area contributed by atoms with E-state index in [4.69, 9.17) is 5.53 Å². The van der Waals surface area contributed by atoms with E-state index >= 15 is 0 Å². The first kappa shape index (κ1) is 19.4. The lowest BCUT2D eigenvalue weighted by Gasteiger charge is -2.17. The monoisotopic (exact) mass is 398 g/mol. The molecule has 12 heteroatoms. The van der Waals surface area contributed by atoms with Gasteiger partial charge in [0.2, 0.25) is 10.3 Å². The number of sulfone groups is 1. The van der Waals surface area contributed by atoms with Gasteiger partial charge in [-0.25, -0.2) is 8.42 Å². The molecular weight excluding hydrogens is 385 g/mol. The zero-order chi connectivity index (χ0) is 18.8. The zero-order valence-electron chi connectivity index (χ0n) is 12.6. The average Bonchev–Trinajstić information content (AvgIpc) is 2.99. The molecule has 0 aliphatic heterocycles. The molecule has 0 heterocycles. The highest BCUT2D eigenvalue weighted by Gasteiger charge is 2.45. The van der Waals surface area contributed by atoms with Crippen molar-refractivity contribution in [3.05, 3.63) is 29.5 Å². The van der Waals surface area contributed by atoms with Crippen molar-refractivity contribution in [2.45, 2.75) is 37.3 Å². The van der Waals surface area contributed by atoms with Gasteiger partial charge in [0.05, 0.1) is 10.8 Å². The maximum Gasteiger partial charge on any atom is 0.573 e. The van der Waals surface area contributed by atoms with E-state index in [0.717, 1.165) is 25.0 Å². The van der Waals surface area contributed by atoms with Crippen LogP contribution in [0.25, 0.3) is 5.53 Å². The predicted octanol–water partition coefficient (Wildman–Crippen LogP) is 1.63. The van der Waals surface area contributed by atoms with Crippen LogP contribution in [0, 0.1) is 5.92 Å². The fourth-order valence-electron chi connectivity index (χ4n) is 2.82. The SMILES string of the molecule is [N-]=[N+]=C(C1CCCC1)S(=O)(=O)C1C=CC(OC(F)(F)F)=CC1=S(=O)=O. The van der Waals surface area contributed by atoms with Gasteiger partial charge in [-0.1, -0.05) is 18.9 Å². The minimum Gasteiger partial charge on any atom is -0.406 e. The van der Waals surface area contributed by atoms with E-state index in [-0.39, 0.29) is 0 Å². The van der Waals surface area contributed by atoms with Gasteiger partial charge in [-0.15, -0.1) is 13.2 Å². The van der Waals surface area contributed by atoms with Gasteiger partial charge in [-0.05, 0) is 18.9 Å². The molecule has 0 aromatic heterocycles. The molecule has 0 spiro atoms. The van der Waals surface area contributed by atoms with Gasteiger partial charge < -0.3 is 10.3 Å². The first-order valence-electron chi connectivity index (χ1n) is 7.14. The standard InChI is InChI=1S/C13H13F3N2O5S2/c14-13(15,16)23-9-5-6-11(10(7-9)24(19)20)25(21,22)12(18-17)8-3-1-2-4-8/h5-8,11H,1-4H2. The number of halogens is 3. The van der Waals surface area contributed by atoms with Crippen molar-refractivity contribution in [3.8, 4) is 0 Å². The van der Waals surface area contributed by atoms with Gasteiger partial charge in [0.15, 0.2) is 0 Å². The first-order chi connectivity index (χ1) is 11.6. The van der Waals surface area contributed by atoms with Gasteiger partial charge >= 0.3 is 11.4 Å². The van der Waals surface area contributed by atoms with E-state index in [1.807, 2.05) is 0 Å². The van der Waals surface area contributed by atoms with Crippen LogP contribution in [0.4, 0.5) is 13.2 Å². The van der Waals surface area contributed by atoms with Gasteiger partial charge in [-0.3, -0.25) is 0 Å². The molecule has 0 aromatic rings. The molecule has 1 saturated carbocycles. The van der Waals surface area contributed by atoms with Crippen LogP contribution in [0.3, 0.4) is 0 Å². The summed E-state index contributed by atoms with van der Waals surface area (Å²) in [6.45, 7) is 0. The molecule has 0 saturated heterocycles. The summed E-state index contributed by atoms with van der Waals surface area (Å²) in [7, 11) is -7.54. The van der Waals surface area contributed by atoms with Gasteiger partial charge in [0, 0.05) is 6.08 Å². The molecule has 0 N–H and O–H groups in total. The number of ether oxygens (including phenoxy) is 1. The summed E-state index contributed by atoms with van der Waals surface area (Å²) in [5, 5.41) is -2.34. The zero-order valence-corrected chi connectivity index (χ0v) is 14.2. The lowest BCUT2D eigenvalue weighted by molar-refractivity contribution is -0.303. The Morgan fingerprint density at radius 3 is 2.36 bits per heavy atom. The molecule has 1 fully saturated rings. The number of rotatable bonds is 3. The summed E-state index contributed by atoms with van der Waals surface area (Å²) < 4.78 is 88.4. The van der Waals surface area contributed by atoms with Crippen LogP contribution in [-0.2, 0) is 24.9 Å². The van der Waals surface area contributed by atoms with E-state index in [2.05, 4.69) is 9.53 Å². The van der Waals surface area contributed by atoms with Crippen molar-refractivity contribution in [3.63, 3.8) is 0 Å². The Labute approximate surface area is 142 Å². The van der Waals surface area contributed by atoms with Crippen molar-refractivity contribution in [2.75, 3.05) is 0 Å². The normalized spacial score (nSPS) is 21.6. The Kier molecular flexibility index (Phi) is 5.55. The Bertz CT molecular complexity index is 896. The Morgan fingerprint density at radius 2 is 1.88 bits per heavy atom. The third-order valence-electron chi connectivity index (χ3n) is 3.86. The van der Waals surface area contributed by atoms with Crippen LogP contribution in [0.2, 0.25) is 0 Å². The molecule has 2 aliphatic rings. The summed E-state index contributed by atoms with van der Waals surface area (Å²) in [6, 6.07) is 0. The van der Waals surface area contributed by atoms with Crippen molar-refractivity contribution in [1.29, 1.82) is 0 Å². The molecule has 138 valence electrons. The molecule has 0 radical (unpaired) electrons. The summed E-state index contributed by atoms with van der Waals surface area (Å²) in [5.41, 5.74) is 9.12. The van der Waals surface area contributed by atoms with Crippen LogP contribution >= 0.6 is 0 Å². The molecular formula is C13H13F3N2O5S2. The number of allylic oxidation sites excluding steroid dienone is 2. The van der Waals surface area contributed by atoms with E-state index in [0.29, 0.717) is 18.9 Å². The second-order valence-corrected chi connectivity index (χ2v) is 8.43. The summed E-state index contributed by atoms with van der Waals surface area (Å²) >= 11 is 0. The van der Waals surface area contributed by atoms with Crippen LogP contribution in [-0.4, -0.2) is 43.1 Å². The molecule has 0 bridgehead atoms. The Balaban J connectivity index is 2.44. The molecule has 7 nitrogen and oxygen atoms in total. The van der Waals surface area contributed by atoms with E-state index in [1.165, 1.54) is 0 Å². The topological polar surface area (TPSA) is 114 Å². The highest BCUT2D eigenvalue weighted by Crippen LogP contribution is 2.30. The third-order valence-corrected chi connectivity index (χ3v) is 6.84. The number of hydrogen-bond acceptors (Lipinski definition) is 5. The predicted molar refractivity (Wildman–Crippen MR) is 81.6 cm³/mol. The molecule has 0 amide bonds. The third kappa shape index (κ3) is 4.39. The van der Waals surface area contributed by atoms with E-state index in [1.54, 1.807) is 0 Å². The lowest BCUT2D eigenvalue weighted by atomic mass is 10.1. The summed E-state index contributed by atoms with van der Waals surface area (Å²) in [6.07, 6.45) is -0.703. The van der Waals surface area contributed by atoms with Crippen molar-refractivity contribution < 1.29 is 39.5 Å². The fraction of sp³-hybridized carbons (Fsp3) is 0.538. The van der Waals surface area contributed by atoms with Crippen LogP contribution in [0.5, 0.6) is 0 Å². The van der Waals surface area contributed by atoms with Crippen LogP contribution < -0.4 is 0 Å². The number of nitrogens with zero attached hydrogens (tertiary/aromatic N) is 2. The number of hydrogen-bond donors (Lipinski definition) is 0. The summed E-state index contributed by atoms with van der Waals surface area (Å²) in [4.78, 5) is 2.02. The maximum absolute atomic E-state index is 12.7. The first-order valence-corrected chi connectivity index (χ1v) is 9.76. The van der Waals surface area contributed by atoms with E-state index < -0.39 is 53.3 Å². The maximum atomic E-state index is 12.7. The smallest absolute Gasteiger partial charge is 0.406 e. The van der Waals surface area contributed by atoms with Crippen molar-refractivity contribution >= 4 is 30.0 Å². The Hall–Kier alpha value is -1.91. The number of alkyl halides is 3. The molecule has 2 rings (SSSR count). The largest absolute Gasteiger partial charge is 0.573 e. The second-order valence-electron chi connectivity index (χ2n) is 5.48. The lowest BCUT2D eigenvalue weighted by Crippen LogP contribution is -2.38. The quantitative estimate of drug-likeness (QED) is 0.236. The molecule has 1 unspecified atom stereocenters. The van der Waals surface area contributed by atoms with Crippen LogP contribution in [0.1, 0.15) is 25.7 Å². The molecule has 0 aromatic carbocycles. The fourth-order valence-corrected chi connectivity index (χ4v) is 5.65. The molecule has 2 aliphatic carbocycles. The van der Waals surface area contributed by atoms with Crippen LogP contribution in [0.15, 0.2) is 24.0 Å². The minimum absolute atomic E-state index is 0.461. The van der Waals surface area contributed by atoms with E-state index in [9.17, 15) is 30.0 Å². The highest BCUT2D eigenvalue weighted by atomic mass is 32.2. The van der Waals surface area contributed by atoms with Crippen molar-refractivity contribution in [1.82, 2.24) is 0 Å². The van der Waals surface area contributed by atoms with Gasteiger partial charge in [0.25, 0.3) is 9.84 Å².